The van der Waals surface area contributed by atoms with Gasteiger partial charge in [-0.25, -0.2) is 0 Å². The third-order valence-electron chi connectivity index (χ3n) is 0.630. The van der Waals surface area contributed by atoms with E-state index in [0.717, 1.165) is 0 Å². The summed E-state index contributed by atoms with van der Waals surface area (Å²) < 4.78 is 33.1. The Kier molecular flexibility index (Phi) is 5.97. The molecule has 0 atom stereocenters. The molecule has 0 bridgehead atoms. The molecule has 11 heavy (non-hydrogen) atoms. The number of nitrogens with zero attached hydrogens (tertiary/aromatic N) is 1. The predicted molar refractivity (Wildman–Crippen MR) is 28.6 cm³/mol. The fraction of sp³-hybridized carbons (Fsp3) is 0.750. The summed E-state index contributed by atoms with van der Waals surface area (Å²) in [7, 11) is 3.45. The zero-order valence-corrected chi connectivity index (χ0v) is 7.59. The van der Waals surface area contributed by atoms with Gasteiger partial charge in [-0.05, 0) is 0 Å². The molecule has 0 unspecified atom stereocenters. The first-order chi connectivity index (χ1) is 4.64. The van der Waals surface area contributed by atoms with Gasteiger partial charge in [0.2, 0.25) is 5.91 Å². The van der Waals surface area contributed by atoms with Crippen LogP contribution < -0.4 is 0 Å². The van der Waals surface area contributed by atoms with Crippen LogP contribution in [0.25, 0.3) is 0 Å². The van der Waals surface area contributed by atoms with E-state index in [0.29, 0.717) is 0 Å². The third-order valence-corrected chi connectivity index (χ3v) is 0.630. The summed E-state index contributed by atoms with van der Waals surface area (Å²) in [6, 6.07) is 0. The van der Waals surface area contributed by atoms with Crippen molar-refractivity contribution in [2.24, 2.45) is 0 Å². The maximum atomic E-state index is 10.1. The molecule has 6 nitrogen and oxygen atoms in total. The molecule has 7 heteroatoms. The van der Waals surface area contributed by atoms with E-state index in [4.69, 9.17) is 15.7 Å². The molecule has 0 aromatic rings. The van der Waals surface area contributed by atoms with Crippen molar-refractivity contribution in [1.82, 2.24) is 4.90 Å². The summed E-state index contributed by atoms with van der Waals surface area (Å²) in [6.45, 7) is 1.53. The van der Waals surface area contributed by atoms with Crippen LogP contribution in [-0.2, 0) is 29.3 Å². The number of amides is 1. The van der Waals surface area contributed by atoms with E-state index in [1.54, 1.807) is 14.1 Å². The molecule has 0 rings (SSSR count). The van der Waals surface area contributed by atoms with E-state index < -0.39 is 13.0 Å². The first-order valence-electron chi connectivity index (χ1n) is 2.45. The normalized spacial score (nSPS) is 9.45. The van der Waals surface area contributed by atoms with Crippen molar-refractivity contribution in [3.63, 3.8) is 0 Å². The van der Waals surface area contributed by atoms with Crippen molar-refractivity contribution in [2.75, 3.05) is 14.1 Å². The van der Waals surface area contributed by atoms with E-state index in [2.05, 4.69) is 0 Å². The van der Waals surface area contributed by atoms with Crippen LogP contribution in [0, 0.1) is 0 Å². The van der Waals surface area contributed by atoms with Gasteiger partial charge in [0.1, 0.15) is 0 Å². The number of carbonyl (C=O) groups is 1. The van der Waals surface area contributed by atoms with Crippen LogP contribution in [-0.4, -0.2) is 29.1 Å². The summed E-state index contributed by atoms with van der Waals surface area (Å²) in [6.07, 6.45) is 0. The molecule has 0 aromatic carbocycles. The standard InChI is InChI=1S/C4H9NO.Mn.H2O.3O/c1-4(6)5(2)3;;;;;/h1-3H3;;1H2;;;/q;+1;;;;/p-1. The van der Waals surface area contributed by atoms with Crippen molar-refractivity contribution < 1.29 is 33.5 Å². The Bertz CT molecular complexity index is 244. The van der Waals surface area contributed by atoms with Crippen LogP contribution in [0.5, 0.6) is 0 Å². The molecule has 0 aliphatic rings. The van der Waals surface area contributed by atoms with Gasteiger partial charge >= 0.3 is 28.7 Å². The van der Waals surface area contributed by atoms with Crippen molar-refractivity contribution in [3.8, 4) is 0 Å². The first-order valence-corrected chi connectivity index (χ1v) is 4.43. The van der Waals surface area contributed by atoms with Crippen molar-refractivity contribution in [3.05, 3.63) is 0 Å². The van der Waals surface area contributed by atoms with Gasteiger partial charge in [0.15, 0.2) is 0 Å². The summed E-state index contributed by atoms with van der Waals surface area (Å²) in [5.74, 6) is 0.0926. The average molecular weight is 207 g/mol. The van der Waals surface area contributed by atoms with Crippen LogP contribution in [0.4, 0.5) is 0 Å². The molecule has 1 amide bonds. The number of rotatable bonds is 0. The van der Waals surface area contributed by atoms with Gasteiger partial charge in [-0.3, -0.25) is 4.79 Å². The SMILES string of the molecule is CC(=O)N(C)C.[O]=[Mn](=[O])(=[O])[OH]. The molecule has 0 aliphatic heterocycles. The van der Waals surface area contributed by atoms with E-state index in [9.17, 15) is 4.79 Å². The Morgan fingerprint density at radius 1 is 1.27 bits per heavy atom. The van der Waals surface area contributed by atoms with E-state index in [1.165, 1.54) is 11.8 Å². The van der Waals surface area contributed by atoms with Gasteiger partial charge < -0.3 is 4.90 Å². The second-order valence-corrected chi connectivity index (χ2v) is 3.05. The van der Waals surface area contributed by atoms with Crippen LogP contribution in [0.2, 0.25) is 0 Å². The molecule has 0 spiro atoms. The van der Waals surface area contributed by atoms with E-state index >= 15 is 0 Å². The van der Waals surface area contributed by atoms with Crippen LogP contribution in [0.3, 0.4) is 0 Å². The van der Waals surface area contributed by atoms with Gasteiger partial charge in [0.25, 0.3) is 0 Å². The quantitative estimate of drug-likeness (QED) is 0.524. The van der Waals surface area contributed by atoms with E-state index in [1.807, 2.05) is 0 Å². The Balaban J connectivity index is 0. The summed E-state index contributed by atoms with van der Waals surface area (Å²) in [5.41, 5.74) is 0. The van der Waals surface area contributed by atoms with Crippen LogP contribution in [0.15, 0.2) is 0 Å². The molecule has 0 saturated carbocycles. The second kappa shape index (κ2) is 5.06. The summed E-state index contributed by atoms with van der Waals surface area (Å²) >= 11 is -5.38. The van der Waals surface area contributed by atoms with Gasteiger partial charge in [-0.2, -0.15) is 0 Å². The monoisotopic (exact) mass is 207 g/mol. The fourth-order valence-electron chi connectivity index (χ4n) is 0. The Labute approximate surface area is 66.0 Å². The Morgan fingerprint density at radius 2 is 1.36 bits per heavy atom. The molecule has 0 radical (unpaired) electrons. The first kappa shape index (κ1) is 13.0. The molecular weight excluding hydrogens is 197 g/mol. The van der Waals surface area contributed by atoms with Gasteiger partial charge in [-0.15, -0.1) is 0 Å². The Morgan fingerprint density at radius 3 is 1.36 bits per heavy atom. The molecule has 1 N–H and O–H groups in total. The number of hydrogen-bond donors (Lipinski definition) is 1. The molecule has 0 fully saturated rings. The topological polar surface area (TPSA) is 91.8 Å². The van der Waals surface area contributed by atoms with Gasteiger partial charge in [0.05, 0.1) is 0 Å². The van der Waals surface area contributed by atoms with E-state index in [-0.39, 0.29) is 5.91 Å². The van der Waals surface area contributed by atoms with Gasteiger partial charge in [0, 0.05) is 21.0 Å². The second-order valence-electron chi connectivity index (χ2n) is 1.81. The minimum atomic E-state index is -5.38. The van der Waals surface area contributed by atoms with Crippen molar-refractivity contribution >= 4 is 5.91 Å². The third kappa shape index (κ3) is 45.0. The molecule has 68 valence electrons. The zero-order chi connectivity index (χ0) is 9.65. The van der Waals surface area contributed by atoms with Crippen LogP contribution in [0.1, 0.15) is 6.92 Å². The molecular formula is C4H10MnNO5. The molecule has 0 aromatic heterocycles. The average Bonchev–Trinajstić information content (AvgIpc) is 1.59. The summed E-state index contributed by atoms with van der Waals surface area (Å²) in [5, 5.41) is 0. The fourth-order valence-corrected chi connectivity index (χ4v) is 0. The number of carbonyl (C=O) groups excluding carboxylic acids is 1. The summed E-state index contributed by atoms with van der Waals surface area (Å²) in [4.78, 5) is 11.6. The van der Waals surface area contributed by atoms with Crippen LogP contribution >= 0.6 is 0 Å². The predicted octanol–water partition coefficient (Wildman–Crippen LogP) is -0.821. The van der Waals surface area contributed by atoms with Crippen molar-refractivity contribution in [1.29, 1.82) is 0 Å². The molecule has 0 heterocycles. The number of hydrogen-bond acceptors (Lipinski definition) is 4. The zero-order valence-electron chi connectivity index (χ0n) is 6.41. The maximum absolute atomic E-state index is 10.1. The van der Waals surface area contributed by atoms with Crippen molar-refractivity contribution in [2.45, 2.75) is 6.92 Å². The Hall–Kier alpha value is -0.651. The molecule has 0 aliphatic carbocycles. The van der Waals surface area contributed by atoms with Gasteiger partial charge in [-0.1, -0.05) is 0 Å². The molecule has 0 saturated heterocycles. The minimum absolute atomic E-state index is 0.0926.